The van der Waals surface area contributed by atoms with Gasteiger partial charge in [0, 0.05) is 6.04 Å². The Morgan fingerprint density at radius 2 is 2.31 bits per heavy atom. The lowest BCUT2D eigenvalue weighted by atomic mass is 9.97. The molecule has 1 N–H and O–H groups in total. The van der Waals surface area contributed by atoms with Gasteiger partial charge in [-0.15, -0.1) is 0 Å². The van der Waals surface area contributed by atoms with E-state index in [1.807, 2.05) is 13.0 Å². The van der Waals surface area contributed by atoms with Crippen LogP contribution in [0, 0.1) is 5.82 Å². The molecule has 1 heterocycles. The Morgan fingerprint density at radius 3 is 2.94 bits per heavy atom. The summed E-state index contributed by atoms with van der Waals surface area (Å²) in [6.07, 6.45) is 3.52. The van der Waals surface area contributed by atoms with Gasteiger partial charge in [0.2, 0.25) is 0 Å². The van der Waals surface area contributed by atoms with Crippen molar-refractivity contribution in [1.82, 2.24) is 5.32 Å². The lowest BCUT2D eigenvalue weighted by Crippen LogP contribution is -2.26. The van der Waals surface area contributed by atoms with Gasteiger partial charge >= 0.3 is 0 Å². The van der Waals surface area contributed by atoms with Crippen molar-refractivity contribution >= 4 is 0 Å². The Kier molecular flexibility index (Phi) is 3.78. The second-order valence-corrected chi connectivity index (χ2v) is 4.13. The zero-order chi connectivity index (χ0) is 11.4. The highest BCUT2D eigenvalue weighted by Gasteiger charge is 2.16. The Labute approximate surface area is 95.8 Å². The molecule has 1 aromatic rings. The molecule has 1 fully saturated rings. The van der Waals surface area contributed by atoms with Gasteiger partial charge in [-0.25, -0.2) is 4.39 Å². The molecular formula is C13H18FNO. The van der Waals surface area contributed by atoms with Crippen LogP contribution in [0.2, 0.25) is 0 Å². The van der Waals surface area contributed by atoms with E-state index in [1.54, 1.807) is 12.1 Å². The molecular weight excluding hydrogens is 205 g/mol. The molecule has 1 aliphatic rings. The number of piperidine rings is 1. The van der Waals surface area contributed by atoms with E-state index in [0.717, 1.165) is 18.5 Å². The lowest BCUT2D eigenvalue weighted by molar-refractivity contribution is 0.320. The first-order valence-corrected chi connectivity index (χ1v) is 5.97. The highest BCUT2D eigenvalue weighted by atomic mass is 19.1. The van der Waals surface area contributed by atoms with Crippen molar-refractivity contribution in [3.05, 3.63) is 29.6 Å². The monoisotopic (exact) mass is 223 g/mol. The summed E-state index contributed by atoms with van der Waals surface area (Å²) in [7, 11) is 0. The van der Waals surface area contributed by atoms with E-state index in [0.29, 0.717) is 18.4 Å². The fourth-order valence-corrected chi connectivity index (χ4v) is 2.14. The number of ether oxygens (including phenoxy) is 1. The van der Waals surface area contributed by atoms with E-state index >= 15 is 0 Å². The number of hydrogen-bond acceptors (Lipinski definition) is 2. The number of halogens is 1. The maximum absolute atomic E-state index is 13.6. The van der Waals surface area contributed by atoms with Gasteiger partial charge in [0.1, 0.15) is 0 Å². The molecule has 0 spiro atoms. The van der Waals surface area contributed by atoms with Gasteiger partial charge in [0.25, 0.3) is 0 Å². The van der Waals surface area contributed by atoms with E-state index in [9.17, 15) is 4.39 Å². The van der Waals surface area contributed by atoms with Crippen LogP contribution < -0.4 is 10.1 Å². The summed E-state index contributed by atoms with van der Waals surface area (Å²) in [5.41, 5.74) is 1.03. The van der Waals surface area contributed by atoms with E-state index < -0.39 is 0 Å². The molecule has 3 heteroatoms. The van der Waals surface area contributed by atoms with Crippen molar-refractivity contribution in [2.45, 2.75) is 32.2 Å². The van der Waals surface area contributed by atoms with Crippen LogP contribution in [0.15, 0.2) is 18.2 Å². The lowest BCUT2D eigenvalue weighted by Gasteiger charge is -2.24. The smallest absolute Gasteiger partial charge is 0.165 e. The molecule has 1 atom stereocenters. The van der Waals surface area contributed by atoms with Gasteiger partial charge in [-0.05, 0) is 44.0 Å². The van der Waals surface area contributed by atoms with Crippen LogP contribution in [0.5, 0.6) is 5.75 Å². The number of rotatable bonds is 3. The summed E-state index contributed by atoms with van der Waals surface area (Å²) >= 11 is 0. The summed E-state index contributed by atoms with van der Waals surface area (Å²) in [6, 6.07) is 5.58. The first-order valence-electron chi connectivity index (χ1n) is 5.97. The number of nitrogens with one attached hydrogen (secondary N) is 1. The second-order valence-electron chi connectivity index (χ2n) is 4.13. The van der Waals surface area contributed by atoms with Gasteiger partial charge in [-0.3, -0.25) is 0 Å². The highest BCUT2D eigenvalue weighted by Crippen LogP contribution is 2.26. The summed E-state index contributed by atoms with van der Waals surface area (Å²) in [5, 5.41) is 3.41. The van der Waals surface area contributed by atoms with Crippen LogP contribution in [-0.4, -0.2) is 13.2 Å². The molecule has 0 aliphatic carbocycles. The largest absolute Gasteiger partial charge is 0.491 e. The average molecular weight is 223 g/mol. The summed E-state index contributed by atoms with van der Waals surface area (Å²) in [5.74, 6) is 0.0915. The molecule has 0 bridgehead atoms. The van der Waals surface area contributed by atoms with Crippen molar-refractivity contribution in [1.29, 1.82) is 0 Å². The van der Waals surface area contributed by atoms with Crippen molar-refractivity contribution < 1.29 is 9.13 Å². The Morgan fingerprint density at radius 1 is 1.44 bits per heavy atom. The van der Waals surface area contributed by atoms with E-state index in [4.69, 9.17) is 4.74 Å². The standard InChI is InChI=1S/C13H18FNO/c1-2-16-13-7-6-10(9-11(13)14)12-5-3-4-8-15-12/h6-7,9,12,15H,2-5,8H2,1H3. The first kappa shape index (κ1) is 11.4. The SMILES string of the molecule is CCOc1ccc(C2CCCCN2)cc1F. The number of hydrogen-bond donors (Lipinski definition) is 1. The van der Waals surface area contributed by atoms with Crippen molar-refractivity contribution in [3.8, 4) is 5.75 Å². The molecule has 0 amide bonds. The van der Waals surface area contributed by atoms with Crippen LogP contribution in [-0.2, 0) is 0 Å². The molecule has 1 aromatic carbocycles. The number of benzene rings is 1. The van der Waals surface area contributed by atoms with Crippen LogP contribution >= 0.6 is 0 Å². The highest BCUT2D eigenvalue weighted by molar-refractivity contribution is 5.31. The minimum Gasteiger partial charge on any atom is -0.491 e. The minimum absolute atomic E-state index is 0.258. The molecule has 0 radical (unpaired) electrons. The molecule has 16 heavy (non-hydrogen) atoms. The third-order valence-electron chi connectivity index (χ3n) is 2.97. The quantitative estimate of drug-likeness (QED) is 0.850. The Bertz CT molecular complexity index is 348. The van der Waals surface area contributed by atoms with E-state index in [2.05, 4.69) is 5.32 Å². The van der Waals surface area contributed by atoms with E-state index in [-0.39, 0.29) is 5.82 Å². The molecule has 1 aliphatic heterocycles. The van der Waals surface area contributed by atoms with Gasteiger partial charge in [0.05, 0.1) is 6.61 Å². The van der Waals surface area contributed by atoms with Crippen molar-refractivity contribution in [2.24, 2.45) is 0 Å². The fourth-order valence-electron chi connectivity index (χ4n) is 2.14. The predicted octanol–water partition coefficient (Wildman–Crippen LogP) is 3.04. The molecule has 2 rings (SSSR count). The molecule has 1 saturated heterocycles. The molecule has 0 aromatic heterocycles. The maximum Gasteiger partial charge on any atom is 0.165 e. The summed E-state index contributed by atoms with van der Waals surface area (Å²) < 4.78 is 18.8. The fraction of sp³-hybridized carbons (Fsp3) is 0.538. The Hall–Kier alpha value is -1.09. The zero-order valence-electron chi connectivity index (χ0n) is 9.63. The predicted molar refractivity (Wildman–Crippen MR) is 62.2 cm³/mol. The minimum atomic E-state index is -0.258. The molecule has 1 unspecified atom stereocenters. The van der Waals surface area contributed by atoms with Crippen LogP contribution in [0.25, 0.3) is 0 Å². The first-order chi connectivity index (χ1) is 7.81. The van der Waals surface area contributed by atoms with Crippen molar-refractivity contribution in [3.63, 3.8) is 0 Å². The van der Waals surface area contributed by atoms with Crippen LogP contribution in [0.3, 0.4) is 0 Å². The van der Waals surface area contributed by atoms with Gasteiger partial charge in [0.15, 0.2) is 11.6 Å². The van der Waals surface area contributed by atoms with Gasteiger partial charge in [-0.1, -0.05) is 12.5 Å². The molecule has 2 nitrogen and oxygen atoms in total. The Balaban J connectivity index is 2.13. The molecule has 88 valence electrons. The van der Waals surface area contributed by atoms with Crippen LogP contribution in [0.4, 0.5) is 4.39 Å². The van der Waals surface area contributed by atoms with Crippen molar-refractivity contribution in [2.75, 3.05) is 13.2 Å². The van der Waals surface area contributed by atoms with Gasteiger partial charge in [-0.2, -0.15) is 0 Å². The van der Waals surface area contributed by atoms with Gasteiger partial charge < -0.3 is 10.1 Å². The molecule has 0 saturated carbocycles. The average Bonchev–Trinajstić information content (AvgIpc) is 2.33. The van der Waals surface area contributed by atoms with Crippen LogP contribution in [0.1, 0.15) is 37.8 Å². The normalized spacial score (nSPS) is 20.8. The zero-order valence-corrected chi connectivity index (χ0v) is 9.63. The maximum atomic E-state index is 13.6. The second kappa shape index (κ2) is 5.30. The topological polar surface area (TPSA) is 21.3 Å². The third kappa shape index (κ3) is 2.53. The summed E-state index contributed by atoms with van der Waals surface area (Å²) in [4.78, 5) is 0. The third-order valence-corrected chi connectivity index (χ3v) is 2.97. The summed E-state index contributed by atoms with van der Waals surface area (Å²) in [6.45, 7) is 3.38. The van der Waals surface area contributed by atoms with E-state index in [1.165, 1.54) is 12.8 Å².